The quantitative estimate of drug-likeness (QED) is 0.674. The number of carbonyl (C=O) groups excluding carboxylic acids is 1. The highest BCUT2D eigenvalue weighted by molar-refractivity contribution is 5.77. The van der Waals surface area contributed by atoms with Crippen molar-refractivity contribution in [1.29, 1.82) is 0 Å². The molecule has 6 heteroatoms. The van der Waals surface area contributed by atoms with Gasteiger partial charge in [0.05, 0.1) is 12.8 Å². The Labute approximate surface area is 94.2 Å². The van der Waals surface area contributed by atoms with Gasteiger partial charge in [-0.15, -0.1) is 0 Å². The third kappa shape index (κ3) is 4.00. The molecule has 0 bridgehead atoms. The number of aromatic nitrogens is 1. The highest BCUT2D eigenvalue weighted by Gasteiger charge is 2.13. The van der Waals surface area contributed by atoms with Gasteiger partial charge in [-0.25, -0.2) is 4.98 Å². The predicted octanol–water partition coefficient (Wildman–Crippen LogP) is 0.136. The predicted molar refractivity (Wildman–Crippen MR) is 57.7 cm³/mol. The molecule has 0 saturated carbocycles. The minimum absolute atomic E-state index is 0.00122. The summed E-state index contributed by atoms with van der Waals surface area (Å²) in [6.07, 6.45) is 1.61. The smallest absolute Gasteiger partial charge is 0.246 e. The maximum atomic E-state index is 11.4. The number of nitrogens with one attached hydrogen (secondary N) is 1. The molecule has 0 aliphatic carbocycles. The Kier molecular flexibility index (Phi) is 4.94. The molecule has 3 N–H and O–H groups in total. The minimum Gasteiger partial charge on any atom is -0.444 e. The van der Waals surface area contributed by atoms with Crippen molar-refractivity contribution < 1.29 is 13.9 Å². The van der Waals surface area contributed by atoms with E-state index in [2.05, 4.69) is 10.3 Å². The van der Waals surface area contributed by atoms with Crippen LogP contribution in [0.3, 0.4) is 0 Å². The van der Waals surface area contributed by atoms with Crippen LogP contribution in [0.1, 0.15) is 24.6 Å². The van der Waals surface area contributed by atoms with E-state index in [4.69, 9.17) is 14.9 Å². The van der Waals surface area contributed by atoms with Gasteiger partial charge in [0, 0.05) is 6.54 Å². The highest BCUT2D eigenvalue weighted by atomic mass is 16.5. The van der Waals surface area contributed by atoms with E-state index in [1.165, 1.54) is 0 Å². The normalized spacial score (nSPS) is 12.4. The summed E-state index contributed by atoms with van der Waals surface area (Å²) < 4.78 is 10.3. The van der Waals surface area contributed by atoms with Crippen molar-refractivity contribution >= 4 is 5.91 Å². The molecule has 1 unspecified atom stereocenters. The number of carbonyl (C=O) groups is 1. The van der Waals surface area contributed by atoms with Gasteiger partial charge >= 0.3 is 0 Å². The SMILES string of the molecule is Cc1cnc(C(C)NC(=O)COCCN)o1. The van der Waals surface area contributed by atoms with Crippen LogP contribution in [-0.2, 0) is 9.53 Å². The van der Waals surface area contributed by atoms with E-state index in [0.717, 1.165) is 5.76 Å². The first-order chi connectivity index (χ1) is 7.63. The number of nitrogens with zero attached hydrogens (tertiary/aromatic N) is 1. The molecule has 90 valence electrons. The van der Waals surface area contributed by atoms with Crippen LogP contribution in [0.4, 0.5) is 0 Å². The van der Waals surface area contributed by atoms with Crippen molar-refractivity contribution in [3.8, 4) is 0 Å². The molecule has 1 aromatic rings. The summed E-state index contributed by atoms with van der Waals surface area (Å²) in [5.41, 5.74) is 5.23. The number of rotatable bonds is 6. The van der Waals surface area contributed by atoms with E-state index in [-0.39, 0.29) is 18.6 Å². The average molecular weight is 227 g/mol. The zero-order valence-corrected chi connectivity index (χ0v) is 9.53. The van der Waals surface area contributed by atoms with E-state index < -0.39 is 0 Å². The monoisotopic (exact) mass is 227 g/mol. The number of oxazole rings is 1. The number of nitrogens with two attached hydrogens (primary N) is 1. The largest absolute Gasteiger partial charge is 0.444 e. The van der Waals surface area contributed by atoms with Gasteiger partial charge in [-0.05, 0) is 13.8 Å². The molecular formula is C10H17N3O3. The van der Waals surface area contributed by atoms with Crippen LogP contribution >= 0.6 is 0 Å². The van der Waals surface area contributed by atoms with E-state index in [0.29, 0.717) is 19.0 Å². The van der Waals surface area contributed by atoms with Gasteiger partial charge in [-0.3, -0.25) is 4.79 Å². The summed E-state index contributed by atoms with van der Waals surface area (Å²) in [4.78, 5) is 15.4. The van der Waals surface area contributed by atoms with Gasteiger partial charge in [0.2, 0.25) is 11.8 Å². The van der Waals surface area contributed by atoms with Crippen LogP contribution in [-0.4, -0.2) is 30.6 Å². The maximum absolute atomic E-state index is 11.4. The number of aryl methyl sites for hydroxylation is 1. The molecule has 6 nitrogen and oxygen atoms in total. The molecule has 0 aromatic carbocycles. The third-order valence-corrected chi connectivity index (χ3v) is 1.88. The minimum atomic E-state index is -0.261. The lowest BCUT2D eigenvalue weighted by Crippen LogP contribution is -2.31. The number of hydrogen-bond donors (Lipinski definition) is 2. The van der Waals surface area contributed by atoms with Gasteiger partial charge in [-0.1, -0.05) is 0 Å². The molecule has 0 fully saturated rings. The number of hydrogen-bond acceptors (Lipinski definition) is 5. The van der Waals surface area contributed by atoms with E-state index in [9.17, 15) is 4.79 Å². The van der Waals surface area contributed by atoms with Gasteiger partial charge < -0.3 is 20.2 Å². The molecule has 0 saturated heterocycles. The summed E-state index contributed by atoms with van der Waals surface area (Å²) in [5.74, 6) is 0.997. The third-order valence-electron chi connectivity index (χ3n) is 1.88. The van der Waals surface area contributed by atoms with E-state index in [1.54, 1.807) is 20.0 Å². The fourth-order valence-corrected chi connectivity index (χ4v) is 1.17. The second-order valence-electron chi connectivity index (χ2n) is 3.44. The zero-order chi connectivity index (χ0) is 12.0. The van der Waals surface area contributed by atoms with Crippen LogP contribution in [0.2, 0.25) is 0 Å². The maximum Gasteiger partial charge on any atom is 0.246 e. The Morgan fingerprint density at radius 1 is 1.75 bits per heavy atom. The molecular weight excluding hydrogens is 210 g/mol. The van der Waals surface area contributed by atoms with Gasteiger partial charge in [0.25, 0.3) is 0 Å². The lowest BCUT2D eigenvalue weighted by molar-refractivity contribution is -0.126. The van der Waals surface area contributed by atoms with Crippen LogP contribution in [0, 0.1) is 6.92 Å². The lowest BCUT2D eigenvalue weighted by atomic mass is 10.3. The Morgan fingerprint density at radius 2 is 2.50 bits per heavy atom. The van der Waals surface area contributed by atoms with Crippen molar-refractivity contribution in [2.24, 2.45) is 5.73 Å². The summed E-state index contributed by atoms with van der Waals surface area (Å²) in [6, 6.07) is -0.261. The molecule has 1 rings (SSSR count). The molecule has 1 aromatic heterocycles. The lowest BCUT2D eigenvalue weighted by Gasteiger charge is -2.10. The van der Waals surface area contributed by atoms with Crippen molar-refractivity contribution in [2.45, 2.75) is 19.9 Å². The summed E-state index contributed by atoms with van der Waals surface area (Å²) >= 11 is 0. The van der Waals surface area contributed by atoms with Crippen molar-refractivity contribution in [3.63, 3.8) is 0 Å². The van der Waals surface area contributed by atoms with Gasteiger partial charge in [0.15, 0.2) is 0 Å². The summed E-state index contributed by atoms with van der Waals surface area (Å²) in [6.45, 7) is 4.38. The second-order valence-corrected chi connectivity index (χ2v) is 3.44. The standard InChI is InChI=1S/C10H17N3O3/c1-7-5-12-10(16-7)8(2)13-9(14)6-15-4-3-11/h5,8H,3-4,6,11H2,1-2H3,(H,13,14). The Hall–Kier alpha value is -1.40. The van der Waals surface area contributed by atoms with Crippen molar-refractivity contribution in [1.82, 2.24) is 10.3 Å². The molecule has 16 heavy (non-hydrogen) atoms. The summed E-state index contributed by atoms with van der Waals surface area (Å²) in [7, 11) is 0. The highest BCUT2D eigenvalue weighted by Crippen LogP contribution is 2.11. The molecule has 0 aliphatic heterocycles. The topological polar surface area (TPSA) is 90.4 Å². The molecule has 1 amide bonds. The zero-order valence-electron chi connectivity index (χ0n) is 9.53. The summed E-state index contributed by atoms with van der Waals surface area (Å²) in [5, 5.41) is 2.71. The first kappa shape index (κ1) is 12.7. The number of ether oxygens (including phenoxy) is 1. The van der Waals surface area contributed by atoms with Gasteiger partial charge in [0.1, 0.15) is 18.4 Å². The fourth-order valence-electron chi connectivity index (χ4n) is 1.17. The second kappa shape index (κ2) is 6.24. The molecule has 0 radical (unpaired) electrons. The van der Waals surface area contributed by atoms with Crippen LogP contribution in [0.5, 0.6) is 0 Å². The van der Waals surface area contributed by atoms with Crippen LogP contribution in [0.15, 0.2) is 10.6 Å². The Morgan fingerprint density at radius 3 is 3.06 bits per heavy atom. The van der Waals surface area contributed by atoms with Crippen molar-refractivity contribution in [2.75, 3.05) is 19.8 Å². The molecule has 0 aliphatic rings. The first-order valence-corrected chi connectivity index (χ1v) is 5.13. The molecule has 1 heterocycles. The van der Waals surface area contributed by atoms with E-state index >= 15 is 0 Å². The first-order valence-electron chi connectivity index (χ1n) is 5.13. The average Bonchev–Trinajstić information content (AvgIpc) is 2.65. The van der Waals surface area contributed by atoms with Gasteiger partial charge in [-0.2, -0.15) is 0 Å². The molecule has 1 atom stereocenters. The Bertz CT molecular complexity index is 338. The molecule has 0 spiro atoms. The number of amides is 1. The van der Waals surface area contributed by atoms with E-state index in [1.807, 2.05) is 0 Å². The fraction of sp³-hybridized carbons (Fsp3) is 0.600. The van der Waals surface area contributed by atoms with Crippen molar-refractivity contribution in [3.05, 3.63) is 17.8 Å². The van der Waals surface area contributed by atoms with Crippen LogP contribution in [0.25, 0.3) is 0 Å². The Balaban J connectivity index is 2.33. The van der Waals surface area contributed by atoms with Crippen LogP contribution < -0.4 is 11.1 Å².